The van der Waals surface area contributed by atoms with E-state index in [0.29, 0.717) is 23.6 Å². The smallest absolute Gasteiger partial charge is 0.307 e. The normalized spacial score (nSPS) is 17.4. The van der Waals surface area contributed by atoms with Gasteiger partial charge in [0.25, 0.3) is 0 Å². The number of aromatic nitrogens is 2. The zero-order valence-electron chi connectivity index (χ0n) is 20.1. The third-order valence-corrected chi connectivity index (χ3v) is 5.01. The second kappa shape index (κ2) is 13.8. The van der Waals surface area contributed by atoms with E-state index in [0.717, 1.165) is 49.5 Å². The third kappa shape index (κ3) is 9.28. The maximum atomic E-state index is 13.1. The van der Waals surface area contributed by atoms with Gasteiger partial charge < -0.3 is 5.43 Å². The van der Waals surface area contributed by atoms with Gasteiger partial charge in [0.05, 0.1) is 11.9 Å². The molecule has 0 saturated carbocycles. The largest absolute Gasteiger partial charge is 0.340 e. The van der Waals surface area contributed by atoms with E-state index in [9.17, 15) is 13.6 Å². The van der Waals surface area contributed by atoms with Gasteiger partial charge in [-0.05, 0) is 43.7 Å². The quantitative estimate of drug-likeness (QED) is 0.393. The van der Waals surface area contributed by atoms with E-state index in [1.165, 1.54) is 12.4 Å². The van der Waals surface area contributed by atoms with Gasteiger partial charge in [0, 0.05) is 38.4 Å². The Labute approximate surface area is 191 Å². The average Bonchev–Trinajstić information content (AvgIpc) is 3.37. The highest BCUT2D eigenvalue weighted by molar-refractivity contribution is 6.03. The molecule has 0 aliphatic carbocycles. The fourth-order valence-corrected chi connectivity index (χ4v) is 3.46. The highest BCUT2D eigenvalue weighted by Crippen LogP contribution is 2.28. The van der Waals surface area contributed by atoms with Crippen molar-refractivity contribution in [2.75, 3.05) is 0 Å². The number of nitrogens with one attached hydrogen (secondary N) is 1. The van der Waals surface area contributed by atoms with E-state index in [4.69, 9.17) is 0 Å². The van der Waals surface area contributed by atoms with Crippen molar-refractivity contribution >= 4 is 11.5 Å². The van der Waals surface area contributed by atoms with Crippen LogP contribution in [0, 0.1) is 0 Å². The molecule has 1 aliphatic rings. The average molecular weight is 449 g/mol. The van der Waals surface area contributed by atoms with Crippen LogP contribution in [0.25, 0.3) is 0 Å². The van der Waals surface area contributed by atoms with Crippen LogP contribution >= 0.6 is 0 Å². The Morgan fingerprint density at radius 2 is 2.12 bits per heavy atom. The number of carbonyl (C=O) groups excluding carboxylic acids is 1. The first-order chi connectivity index (χ1) is 15.2. The summed E-state index contributed by atoms with van der Waals surface area (Å²) in [6, 6.07) is -2.55. The Morgan fingerprint density at radius 3 is 2.59 bits per heavy atom. The van der Waals surface area contributed by atoms with Crippen molar-refractivity contribution in [2.24, 2.45) is 5.10 Å². The first-order valence-electron chi connectivity index (χ1n) is 11.4. The minimum atomic E-state index is -3.00. The maximum absolute atomic E-state index is 13.1. The molecule has 0 fully saturated rings. The van der Waals surface area contributed by atoms with Crippen LogP contribution < -0.4 is 5.43 Å². The van der Waals surface area contributed by atoms with Gasteiger partial charge in [0.1, 0.15) is 5.78 Å². The molecular weight excluding hydrogens is 410 g/mol. The molecule has 0 aromatic carbocycles. The van der Waals surface area contributed by atoms with Crippen LogP contribution in [0.3, 0.4) is 0 Å². The Bertz CT molecular complexity index is 818. The fourth-order valence-electron chi connectivity index (χ4n) is 3.46. The number of allylic oxidation sites excluding steroid dienone is 5. The number of ketones is 1. The zero-order chi connectivity index (χ0) is 24.1. The first kappa shape index (κ1) is 27.5. The molecule has 1 aromatic rings. The molecule has 1 N–H and O–H groups in total. The lowest BCUT2D eigenvalue weighted by Gasteiger charge is -2.14. The number of alkyl halides is 2. The molecule has 32 heavy (non-hydrogen) atoms. The summed E-state index contributed by atoms with van der Waals surface area (Å²) in [5, 5.41) is 7.95. The van der Waals surface area contributed by atoms with Crippen LogP contribution in [0.1, 0.15) is 84.6 Å². The summed E-state index contributed by atoms with van der Waals surface area (Å²) >= 11 is 0. The maximum Gasteiger partial charge on any atom is 0.340 e. The predicted molar refractivity (Wildman–Crippen MR) is 128 cm³/mol. The van der Waals surface area contributed by atoms with Crippen molar-refractivity contribution in [1.29, 1.82) is 0 Å². The van der Waals surface area contributed by atoms with E-state index in [1.807, 2.05) is 32.9 Å². The number of hydrogen-bond donors (Lipinski definition) is 1. The minimum absolute atomic E-state index is 0.000139. The van der Waals surface area contributed by atoms with Crippen LogP contribution in [0.2, 0.25) is 0 Å². The van der Waals surface area contributed by atoms with Crippen LogP contribution in [0.5, 0.6) is 0 Å². The molecule has 0 spiro atoms. The Balaban J connectivity index is 0.000000343. The van der Waals surface area contributed by atoms with Gasteiger partial charge in [0.15, 0.2) is 0 Å². The SMILES string of the molecule is C=C/C=C(\C=C/C)C1=NNC(C)C1.CCCC(=O)CC(CCC)c1cnn(C(C)(F)F)c1. The molecule has 2 unspecified atom stereocenters. The van der Waals surface area contributed by atoms with Gasteiger partial charge in [-0.3, -0.25) is 4.79 Å². The molecule has 2 atom stereocenters. The number of halogens is 2. The van der Waals surface area contributed by atoms with Crippen molar-refractivity contribution in [2.45, 2.75) is 91.1 Å². The van der Waals surface area contributed by atoms with Gasteiger partial charge in [-0.15, -0.1) is 0 Å². The lowest BCUT2D eigenvalue weighted by atomic mass is 9.91. The summed E-state index contributed by atoms with van der Waals surface area (Å²) in [4.78, 5) is 11.7. The highest BCUT2D eigenvalue weighted by Gasteiger charge is 2.26. The molecule has 0 bridgehead atoms. The topological polar surface area (TPSA) is 59.3 Å². The third-order valence-electron chi connectivity index (χ3n) is 5.01. The minimum Gasteiger partial charge on any atom is -0.307 e. The Hall–Kier alpha value is -2.57. The zero-order valence-corrected chi connectivity index (χ0v) is 20.1. The van der Waals surface area contributed by atoms with Gasteiger partial charge >= 0.3 is 6.05 Å². The number of Topliss-reactive ketones (excluding diaryl/α,β-unsaturated/α-hetero) is 1. The van der Waals surface area contributed by atoms with E-state index >= 15 is 0 Å². The lowest BCUT2D eigenvalue weighted by Crippen LogP contribution is -2.18. The number of rotatable bonds is 11. The van der Waals surface area contributed by atoms with Crippen LogP contribution in [0.15, 0.2) is 54.0 Å². The van der Waals surface area contributed by atoms with Gasteiger partial charge in [-0.1, -0.05) is 51.2 Å². The Morgan fingerprint density at radius 1 is 1.41 bits per heavy atom. The molecule has 2 heterocycles. The van der Waals surface area contributed by atoms with E-state index < -0.39 is 6.05 Å². The van der Waals surface area contributed by atoms with Crippen LogP contribution in [0.4, 0.5) is 8.78 Å². The van der Waals surface area contributed by atoms with E-state index in [2.05, 4.69) is 35.2 Å². The summed E-state index contributed by atoms with van der Waals surface area (Å²) in [5.74, 6) is 0.192. The molecule has 0 radical (unpaired) electrons. The highest BCUT2D eigenvalue weighted by atomic mass is 19.3. The number of hydrazone groups is 1. The second-order valence-corrected chi connectivity index (χ2v) is 8.19. The van der Waals surface area contributed by atoms with Crippen molar-refractivity contribution in [3.05, 3.63) is 54.4 Å². The van der Waals surface area contributed by atoms with Crippen molar-refractivity contribution in [3.63, 3.8) is 0 Å². The van der Waals surface area contributed by atoms with Crippen LogP contribution in [-0.4, -0.2) is 27.3 Å². The molecule has 178 valence electrons. The molecule has 0 saturated heterocycles. The predicted octanol–water partition coefficient (Wildman–Crippen LogP) is 6.51. The first-order valence-corrected chi connectivity index (χ1v) is 11.4. The van der Waals surface area contributed by atoms with E-state index in [1.54, 1.807) is 6.08 Å². The molecule has 0 amide bonds. The monoisotopic (exact) mass is 448 g/mol. The summed E-state index contributed by atoms with van der Waals surface area (Å²) < 4.78 is 26.9. The Kier molecular flexibility index (Phi) is 11.8. The lowest BCUT2D eigenvalue weighted by molar-refractivity contribution is -0.119. The fraction of sp³-hybridized carbons (Fsp3) is 0.560. The number of nitrogens with zero attached hydrogens (tertiary/aromatic N) is 3. The second-order valence-electron chi connectivity index (χ2n) is 8.19. The van der Waals surface area contributed by atoms with Gasteiger partial charge in [-0.25, -0.2) is 4.68 Å². The van der Waals surface area contributed by atoms with Crippen molar-refractivity contribution in [3.8, 4) is 0 Å². The summed E-state index contributed by atoms with van der Waals surface area (Å²) in [6.45, 7) is 12.6. The van der Waals surface area contributed by atoms with Gasteiger partial charge in [0.2, 0.25) is 0 Å². The van der Waals surface area contributed by atoms with Gasteiger partial charge in [-0.2, -0.15) is 19.0 Å². The number of carbonyl (C=O) groups is 1. The molecule has 1 aromatic heterocycles. The molecule has 5 nitrogen and oxygen atoms in total. The number of hydrogen-bond acceptors (Lipinski definition) is 4. The van der Waals surface area contributed by atoms with E-state index in [-0.39, 0.29) is 11.7 Å². The van der Waals surface area contributed by atoms with Crippen LogP contribution in [-0.2, 0) is 10.8 Å². The standard InChI is InChI=1S/C14H22F2N2O.C11H16N2/c1-4-6-11(8-13(19)7-5-2)12-9-17-18(10-12)14(3,15)16;1-4-6-10(7-5-2)11-8-9(3)12-13-11/h9-11H,4-8H2,1-3H3;4-7,9,12H,1,8H2,2-3H3/b;7-5-,10-6+. The molecule has 1 aliphatic heterocycles. The summed E-state index contributed by atoms with van der Waals surface area (Å²) in [5.41, 5.74) is 6.04. The molecule has 2 rings (SSSR count). The van der Waals surface area contributed by atoms with Crippen molar-refractivity contribution < 1.29 is 13.6 Å². The summed E-state index contributed by atoms with van der Waals surface area (Å²) in [6.07, 6.45) is 15.2. The molecule has 7 heteroatoms. The summed E-state index contributed by atoms with van der Waals surface area (Å²) in [7, 11) is 0. The molecular formula is C25H38F2N4O. The van der Waals surface area contributed by atoms with Crippen molar-refractivity contribution in [1.82, 2.24) is 15.2 Å².